The van der Waals surface area contributed by atoms with E-state index in [1.165, 1.54) is 0 Å². The minimum Gasteiger partial charge on any atom is -0.332 e. The van der Waals surface area contributed by atoms with Crippen LogP contribution in [0.2, 0.25) is 5.02 Å². The van der Waals surface area contributed by atoms with E-state index in [2.05, 4.69) is 20.3 Å². The molecule has 21 heavy (non-hydrogen) atoms. The van der Waals surface area contributed by atoms with E-state index in [9.17, 15) is 0 Å². The van der Waals surface area contributed by atoms with Gasteiger partial charge in [-0.05, 0) is 18.2 Å². The Morgan fingerprint density at radius 3 is 2.86 bits per heavy atom. The second-order valence-electron chi connectivity index (χ2n) is 4.55. The topological polar surface area (TPSA) is 67.6 Å². The second kappa shape index (κ2) is 4.71. The van der Waals surface area contributed by atoms with E-state index in [0.717, 1.165) is 16.5 Å². The molecule has 0 aliphatic heterocycles. The maximum absolute atomic E-state index is 5.98. The van der Waals surface area contributed by atoms with Gasteiger partial charge in [0.2, 0.25) is 5.82 Å². The fourth-order valence-corrected chi connectivity index (χ4v) is 2.38. The normalized spacial score (nSPS) is 11.1. The molecule has 2 heterocycles. The van der Waals surface area contributed by atoms with E-state index in [1.54, 1.807) is 12.1 Å². The number of aromatic amines is 1. The molecular weight excluding hydrogens is 288 g/mol. The van der Waals surface area contributed by atoms with Crippen LogP contribution in [0.4, 0.5) is 0 Å². The number of para-hydroxylation sites is 1. The summed E-state index contributed by atoms with van der Waals surface area (Å²) in [6.07, 6.45) is 0. The largest absolute Gasteiger partial charge is 0.332 e. The predicted octanol–water partition coefficient (Wildman–Crippen LogP) is 3.93. The summed E-state index contributed by atoms with van der Waals surface area (Å²) in [5.41, 5.74) is 2.37. The monoisotopic (exact) mass is 296 g/mol. The second-order valence-corrected chi connectivity index (χ2v) is 4.99. The van der Waals surface area contributed by atoms with Crippen molar-refractivity contribution in [2.45, 2.75) is 0 Å². The molecule has 4 aromatic rings. The summed E-state index contributed by atoms with van der Waals surface area (Å²) in [4.78, 5) is 4.40. The van der Waals surface area contributed by atoms with Crippen molar-refractivity contribution < 1.29 is 4.52 Å². The van der Waals surface area contributed by atoms with E-state index in [4.69, 9.17) is 16.1 Å². The first-order valence-corrected chi connectivity index (χ1v) is 6.72. The SMILES string of the molecule is Clc1cccc(-c2noc(-c3n[nH]c4ccccc34)n2)c1. The van der Waals surface area contributed by atoms with Crippen molar-refractivity contribution in [2.75, 3.05) is 0 Å². The molecule has 0 atom stereocenters. The van der Waals surface area contributed by atoms with Crippen molar-refractivity contribution in [3.05, 3.63) is 53.6 Å². The van der Waals surface area contributed by atoms with Crippen molar-refractivity contribution in [2.24, 2.45) is 0 Å². The Kier molecular flexibility index (Phi) is 2.72. The lowest BCUT2D eigenvalue weighted by Crippen LogP contribution is -1.82. The van der Waals surface area contributed by atoms with E-state index in [1.807, 2.05) is 36.4 Å². The number of halogens is 1. The summed E-state index contributed by atoms with van der Waals surface area (Å²) in [6.45, 7) is 0. The van der Waals surface area contributed by atoms with Crippen LogP contribution in [0.5, 0.6) is 0 Å². The molecule has 0 fully saturated rings. The van der Waals surface area contributed by atoms with Crippen molar-refractivity contribution in [3.8, 4) is 23.0 Å². The molecule has 5 nitrogen and oxygen atoms in total. The number of hydrogen-bond acceptors (Lipinski definition) is 4. The molecule has 0 aliphatic rings. The fraction of sp³-hybridized carbons (Fsp3) is 0. The van der Waals surface area contributed by atoms with Crippen molar-refractivity contribution in [3.63, 3.8) is 0 Å². The van der Waals surface area contributed by atoms with Crippen LogP contribution in [-0.4, -0.2) is 20.3 Å². The first-order chi connectivity index (χ1) is 10.3. The summed E-state index contributed by atoms with van der Waals surface area (Å²) in [5, 5.41) is 12.8. The Labute approximate surface area is 124 Å². The Hall–Kier alpha value is -2.66. The smallest absolute Gasteiger partial charge is 0.279 e. The highest BCUT2D eigenvalue weighted by Crippen LogP contribution is 2.27. The van der Waals surface area contributed by atoms with Crippen molar-refractivity contribution >= 4 is 22.5 Å². The summed E-state index contributed by atoms with van der Waals surface area (Å²) >= 11 is 5.98. The summed E-state index contributed by atoms with van der Waals surface area (Å²) in [5.74, 6) is 0.863. The lowest BCUT2D eigenvalue weighted by Gasteiger charge is -1.93. The van der Waals surface area contributed by atoms with Crippen LogP contribution in [0.25, 0.3) is 33.9 Å². The van der Waals surface area contributed by atoms with Crippen LogP contribution in [0.3, 0.4) is 0 Å². The van der Waals surface area contributed by atoms with E-state index >= 15 is 0 Å². The summed E-state index contributed by atoms with van der Waals surface area (Å²) < 4.78 is 5.32. The number of aromatic nitrogens is 4. The quantitative estimate of drug-likeness (QED) is 0.608. The molecule has 0 bridgehead atoms. The van der Waals surface area contributed by atoms with Gasteiger partial charge in [-0.25, -0.2) is 0 Å². The number of fused-ring (bicyclic) bond motifs is 1. The van der Waals surface area contributed by atoms with Crippen molar-refractivity contribution in [1.82, 2.24) is 20.3 Å². The third kappa shape index (κ3) is 2.08. The van der Waals surface area contributed by atoms with Crippen LogP contribution in [-0.2, 0) is 0 Å². The average molecular weight is 297 g/mol. The van der Waals surface area contributed by atoms with E-state index in [-0.39, 0.29) is 0 Å². The third-order valence-electron chi connectivity index (χ3n) is 3.18. The van der Waals surface area contributed by atoms with Gasteiger partial charge in [0.15, 0.2) is 5.69 Å². The number of nitrogens with zero attached hydrogens (tertiary/aromatic N) is 3. The van der Waals surface area contributed by atoms with E-state index < -0.39 is 0 Å². The molecule has 0 saturated heterocycles. The van der Waals surface area contributed by atoms with Crippen LogP contribution in [0.1, 0.15) is 0 Å². The summed E-state index contributed by atoms with van der Waals surface area (Å²) in [7, 11) is 0. The maximum atomic E-state index is 5.98. The van der Waals surface area contributed by atoms with Crippen LogP contribution in [0, 0.1) is 0 Å². The number of benzene rings is 2. The van der Waals surface area contributed by atoms with Crippen LogP contribution < -0.4 is 0 Å². The van der Waals surface area contributed by atoms with Gasteiger partial charge >= 0.3 is 0 Å². The van der Waals surface area contributed by atoms with Gasteiger partial charge in [0, 0.05) is 16.0 Å². The molecule has 6 heteroatoms. The first-order valence-electron chi connectivity index (χ1n) is 6.34. The lowest BCUT2D eigenvalue weighted by molar-refractivity contribution is 0.431. The molecule has 0 unspecified atom stereocenters. The van der Waals surface area contributed by atoms with Gasteiger partial charge in [-0.2, -0.15) is 10.1 Å². The number of rotatable bonds is 2. The van der Waals surface area contributed by atoms with Gasteiger partial charge in [0.1, 0.15) is 0 Å². The van der Waals surface area contributed by atoms with Crippen molar-refractivity contribution in [1.29, 1.82) is 0 Å². The molecule has 0 amide bonds. The maximum Gasteiger partial charge on any atom is 0.279 e. The minimum absolute atomic E-state index is 0.377. The lowest BCUT2D eigenvalue weighted by atomic mass is 10.2. The Morgan fingerprint density at radius 2 is 1.95 bits per heavy atom. The number of hydrogen-bond donors (Lipinski definition) is 1. The molecule has 0 saturated carbocycles. The predicted molar refractivity (Wildman–Crippen MR) is 79.8 cm³/mol. The molecule has 4 rings (SSSR count). The van der Waals surface area contributed by atoms with Gasteiger partial charge in [-0.3, -0.25) is 5.10 Å². The third-order valence-corrected chi connectivity index (χ3v) is 3.42. The van der Waals surface area contributed by atoms with Gasteiger partial charge in [-0.1, -0.05) is 47.1 Å². The molecule has 2 aromatic carbocycles. The zero-order valence-electron chi connectivity index (χ0n) is 10.7. The highest BCUT2D eigenvalue weighted by molar-refractivity contribution is 6.30. The zero-order valence-corrected chi connectivity index (χ0v) is 11.5. The Balaban J connectivity index is 1.81. The molecule has 102 valence electrons. The molecule has 0 spiro atoms. The van der Waals surface area contributed by atoms with Gasteiger partial charge in [0.05, 0.1) is 5.52 Å². The van der Waals surface area contributed by atoms with Gasteiger partial charge in [0.25, 0.3) is 5.89 Å². The molecule has 0 aliphatic carbocycles. The van der Waals surface area contributed by atoms with Crippen LogP contribution in [0.15, 0.2) is 53.1 Å². The first kappa shape index (κ1) is 12.1. The molecule has 2 aromatic heterocycles. The standard InChI is InChI=1S/C15H9ClN4O/c16-10-5-3-4-9(8-10)14-17-15(21-20-14)13-11-6-1-2-7-12(11)18-19-13/h1-8H,(H,18,19). The Bertz CT molecular complexity index is 928. The van der Waals surface area contributed by atoms with Gasteiger partial charge in [-0.15, -0.1) is 0 Å². The zero-order chi connectivity index (χ0) is 14.2. The average Bonchev–Trinajstić information content (AvgIpc) is 3.14. The van der Waals surface area contributed by atoms with E-state index in [0.29, 0.717) is 22.4 Å². The highest BCUT2D eigenvalue weighted by atomic mass is 35.5. The van der Waals surface area contributed by atoms with Gasteiger partial charge < -0.3 is 4.52 Å². The molecule has 1 N–H and O–H groups in total. The number of H-pyrrole nitrogens is 1. The summed E-state index contributed by atoms with van der Waals surface area (Å²) in [6, 6.07) is 15.1. The Morgan fingerprint density at radius 1 is 1.05 bits per heavy atom. The van der Waals surface area contributed by atoms with Crippen LogP contribution >= 0.6 is 11.6 Å². The fourth-order valence-electron chi connectivity index (χ4n) is 2.19. The molecule has 0 radical (unpaired) electrons. The minimum atomic E-state index is 0.377. The number of nitrogens with one attached hydrogen (secondary N) is 1. The molecular formula is C15H9ClN4O. The highest BCUT2D eigenvalue weighted by Gasteiger charge is 2.16.